The second-order valence-corrected chi connectivity index (χ2v) is 7.35. The second-order valence-electron chi connectivity index (χ2n) is 6.16. The molecule has 4 atom stereocenters. The average Bonchev–Trinajstić information content (AvgIpc) is 3.06. The van der Waals surface area contributed by atoms with Gasteiger partial charge in [0.25, 0.3) is 0 Å². The first-order chi connectivity index (χ1) is 11.7. The summed E-state index contributed by atoms with van der Waals surface area (Å²) in [5.41, 5.74) is 0. The first-order valence-corrected chi connectivity index (χ1v) is 9.25. The number of benzene rings is 1. The van der Waals surface area contributed by atoms with E-state index in [4.69, 9.17) is 14.5 Å². The van der Waals surface area contributed by atoms with Crippen molar-refractivity contribution >= 4 is 23.9 Å². The molecule has 3 heterocycles. The lowest BCUT2D eigenvalue weighted by molar-refractivity contribution is 0.120. The lowest BCUT2D eigenvalue weighted by Crippen LogP contribution is -2.38. The van der Waals surface area contributed by atoms with Crippen LogP contribution in [0.2, 0.25) is 0 Å². The van der Waals surface area contributed by atoms with E-state index in [1.807, 2.05) is 24.3 Å². The summed E-state index contributed by atoms with van der Waals surface area (Å²) in [6, 6.07) is 8.12. The number of hydrogen-bond donors (Lipinski definition) is 1. The van der Waals surface area contributed by atoms with Crippen molar-refractivity contribution in [3.63, 3.8) is 0 Å². The number of nitrogens with one attached hydrogen (secondary N) is 1. The maximum Gasteiger partial charge on any atom is 0.163 e. The van der Waals surface area contributed by atoms with Crippen LogP contribution in [0.4, 0.5) is 0 Å². The number of thioether (sulfide) groups is 1. The van der Waals surface area contributed by atoms with E-state index in [9.17, 15) is 0 Å². The van der Waals surface area contributed by atoms with Crippen molar-refractivity contribution in [2.75, 3.05) is 6.61 Å². The molecule has 0 aliphatic carbocycles. The molecule has 1 aromatic rings. The van der Waals surface area contributed by atoms with Crippen LogP contribution in [0.15, 0.2) is 45.2 Å². The van der Waals surface area contributed by atoms with Gasteiger partial charge < -0.3 is 14.8 Å². The Labute approximate surface area is 146 Å². The van der Waals surface area contributed by atoms with Gasteiger partial charge in [-0.3, -0.25) is 9.98 Å². The third-order valence-electron chi connectivity index (χ3n) is 4.43. The largest absolute Gasteiger partial charge is 0.485 e. The fraction of sp³-hybridized carbons (Fsp3) is 0.444. The molecule has 24 heavy (non-hydrogen) atoms. The number of fused-ring (bicyclic) bond motifs is 2. The van der Waals surface area contributed by atoms with E-state index in [0.717, 1.165) is 23.8 Å². The molecule has 0 amide bonds. The predicted octanol–water partition coefficient (Wildman–Crippen LogP) is 3.23. The Morgan fingerprint density at radius 3 is 3.04 bits per heavy atom. The van der Waals surface area contributed by atoms with Crippen LogP contribution in [0.5, 0.6) is 11.5 Å². The molecule has 4 unspecified atom stereocenters. The summed E-state index contributed by atoms with van der Waals surface area (Å²) in [5.74, 6) is 2.81. The Bertz CT molecular complexity index is 716. The minimum atomic E-state index is -0.0736. The van der Waals surface area contributed by atoms with Gasteiger partial charge in [-0.05, 0) is 25.5 Å². The molecule has 3 aliphatic heterocycles. The van der Waals surface area contributed by atoms with Crippen LogP contribution in [-0.4, -0.2) is 36.3 Å². The van der Waals surface area contributed by atoms with Crippen molar-refractivity contribution in [3.05, 3.63) is 35.2 Å². The third-order valence-corrected chi connectivity index (χ3v) is 5.76. The number of hydrogen-bond acceptors (Lipinski definition) is 5. The third kappa shape index (κ3) is 2.90. The molecule has 0 aromatic heterocycles. The summed E-state index contributed by atoms with van der Waals surface area (Å²) < 4.78 is 12.0. The highest BCUT2D eigenvalue weighted by Crippen LogP contribution is 2.43. The van der Waals surface area contributed by atoms with Gasteiger partial charge in [-0.15, -0.1) is 0 Å². The smallest absolute Gasteiger partial charge is 0.163 e. The number of nitrogens with zero attached hydrogens (tertiary/aromatic N) is 2. The van der Waals surface area contributed by atoms with Crippen molar-refractivity contribution in [3.8, 4) is 11.5 Å². The summed E-state index contributed by atoms with van der Waals surface area (Å²) in [6.45, 7) is 4.82. The molecular formula is C18H21N3O2S. The SMILES string of the molecule is CCC(C)N=C1NC=NC2SC(C3COc4ccccc4O3)=CC12. The predicted molar refractivity (Wildman–Crippen MR) is 98.1 cm³/mol. The second kappa shape index (κ2) is 6.51. The quantitative estimate of drug-likeness (QED) is 0.915. The maximum atomic E-state index is 6.13. The van der Waals surface area contributed by atoms with Gasteiger partial charge in [0.1, 0.15) is 17.8 Å². The van der Waals surface area contributed by atoms with E-state index >= 15 is 0 Å². The summed E-state index contributed by atoms with van der Waals surface area (Å²) >= 11 is 1.75. The number of aliphatic imine (C=N–C) groups is 2. The van der Waals surface area contributed by atoms with E-state index in [-0.39, 0.29) is 17.4 Å². The Morgan fingerprint density at radius 1 is 1.38 bits per heavy atom. The number of amidine groups is 1. The van der Waals surface area contributed by atoms with Gasteiger partial charge in [-0.1, -0.05) is 36.9 Å². The fourth-order valence-corrected chi connectivity index (χ4v) is 4.16. The van der Waals surface area contributed by atoms with Crippen molar-refractivity contribution < 1.29 is 9.47 Å². The van der Waals surface area contributed by atoms with Gasteiger partial charge in [-0.25, -0.2) is 0 Å². The van der Waals surface area contributed by atoms with Crippen molar-refractivity contribution in [1.29, 1.82) is 0 Å². The van der Waals surface area contributed by atoms with Crippen molar-refractivity contribution in [1.82, 2.24) is 5.32 Å². The van der Waals surface area contributed by atoms with Crippen LogP contribution in [-0.2, 0) is 0 Å². The van der Waals surface area contributed by atoms with Crippen molar-refractivity contribution in [2.45, 2.75) is 37.8 Å². The first-order valence-electron chi connectivity index (χ1n) is 8.37. The summed E-state index contributed by atoms with van der Waals surface area (Å²) in [7, 11) is 0. The molecule has 6 heteroatoms. The van der Waals surface area contributed by atoms with Crippen LogP contribution in [0, 0.1) is 5.92 Å². The fourth-order valence-electron chi connectivity index (χ4n) is 2.92. The molecular weight excluding hydrogens is 322 g/mol. The minimum Gasteiger partial charge on any atom is -0.485 e. The molecule has 0 saturated heterocycles. The first kappa shape index (κ1) is 15.6. The Hall–Kier alpha value is -1.95. The van der Waals surface area contributed by atoms with Gasteiger partial charge in [-0.2, -0.15) is 0 Å². The number of para-hydroxylation sites is 2. The topological polar surface area (TPSA) is 55.2 Å². The zero-order valence-electron chi connectivity index (χ0n) is 13.8. The van der Waals surface area contributed by atoms with Gasteiger partial charge >= 0.3 is 0 Å². The van der Waals surface area contributed by atoms with Gasteiger partial charge in [0, 0.05) is 10.9 Å². The van der Waals surface area contributed by atoms with Gasteiger partial charge in [0.05, 0.1) is 12.3 Å². The molecule has 1 N–H and O–H groups in total. The van der Waals surface area contributed by atoms with Crippen LogP contribution in [0.25, 0.3) is 0 Å². The standard InChI is InChI=1S/C18H21N3O2S/c1-3-11(2)21-17-12-8-16(24-18(12)20-10-19-17)15-9-22-13-6-4-5-7-14(13)23-15/h4-8,10-12,15,18H,3,9H2,1-2H3,(H,19,20,21). The number of rotatable bonds is 3. The molecule has 0 saturated carbocycles. The van der Waals surface area contributed by atoms with Crippen LogP contribution in [0.1, 0.15) is 20.3 Å². The lowest BCUT2D eigenvalue weighted by atomic mass is 10.1. The highest BCUT2D eigenvalue weighted by molar-refractivity contribution is 8.04. The maximum absolute atomic E-state index is 6.13. The highest BCUT2D eigenvalue weighted by Gasteiger charge is 2.38. The van der Waals surface area contributed by atoms with Gasteiger partial charge in [0.15, 0.2) is 17.6 Å². The summed E-state index contributed by atoms with van der Waals surface area (Å²) in [5, 5.41) is 3.37. The molecule has 5 nitrogen and oxygen atoms in total. The molecule has 0 spiro atoms. The normalized spacial score (nSPS) is 30.5. The molecule has 0 bridgehead atoms. The molecule has 0 fully saturated rings. The van der Waals surface area contributed by atoms with E-state index in [1.165, 1.54) is 4.91 Å². The highest BCUT2D eigenvalue weighted by atomic mass is 32.2. The van der Waals surface area contributed by atoms with E-state index < -0.39 is 0 Å². The minimum absolute atomic E-state index is 0.0736. The summed E-state index contributed by atoms with van der Waals surface area (Å²) in [4.78, 5) is 10.5. The van der Waals surface area contributed by atoms with Crippen molar-refractivity contribution in [2.24, 2.45) is 15.9 Å². The average molecular weight is 343 g/mol. The molecule has 4 rings (SSSR count). The molecule has 1 aromatic carbocycles. The molecule has 3 aliphatic rings. The number of ether oxygens (including phenoxy) is 2. The van der Waals surface area contributed by atoms with E-state index in [2.05, 4.69) is 30.2 Å². The molecule has 126 valence electrons. The Balaban J connectivity index is 1.55. The zero-order chi connectivity index (χ0) is 16.5. The Morgan fingerprint density at radius 2 is 2.21 bits per heavy atom. The molecule has 0 radical (unpaired) electrons. The Kier molecular flexibility index (Phi) is 4.22. The van der Waals surface area contributed by atoms with Crippen LogP contribution < -0.4 is 14.8 Å². The zero-order valence-corrected chi connectivity index (χ0v) is 14.6. The van der Waals surface area contributed by atoms with Crippen LogP contribution in [0.3, 0.4) is 0 Å². The monoisotopic (exact) mass is 343 g/mol. The van der Waals surface area contributed by atoms with Crippen LogP contribution >= 0.6 is 11.8 Å². The lowest BCUT2D eigenvalue weighted by Gasteiger charge is -2.27. The van der Waals surface area contributed by atoms with E-state index in [0.29, 0.717) is 12.6 Å². The summed E-state index contributed by atoms with van der Waals surface area (Å²) in [6.07, 6.45) is 4.96. The van der Waals surface area contributed by atoms with E-state index in [1.54, 1.807) is 18.1 Å². The van der Waals surface area contributed by atoms with Gasteiger partial charge in [0.2, 0.25) is 0 Å².